The maximum atomic E-state index is 5.34. The van der Waals surface area contributed by atoms with Crippen LogP contribution in [0.3, 0.4) is 0 Å². The third kappa shape index (κ3) is 3.69. The van der Waals surface area contributed by atoms with Crippen LogP contribution in [0.4, 0.5) is 0 Å². The van der Waals surface area contributed by atoms with Crippen molar-refractivity contribution < 1.29 is 0 Å². The quantitative estimate of drug-likeness (QED) is 0.185. The van der Waals surface area contributed by atoms with E-state index in [-0.39, 0.29) is 0 Å². The zero-order valence-electron chi connectivity index (χ0n) is 26.1. The lowest BCUT2D eigenvalue weighted by Crippen LogP contribution is -2.49. The van der Waals surface area contributed by atoms with Gasteiger partial charge in [-0.25, -0.2) is 9.97 Å². The molecule has 0 fully saturated rings. The lowest BCUT2D eigenvalue weighted by molar-refractivity contribution is 0.984. The second kappa shape index (κ2) is 9.61. The largest absolute Gasteiger partial charge is 0.309 e. The third-order valence-corrected chi connectivity index (χ3v) is 13.7. The Bertz CT molecular complexity index is 2720. The molecular weight excluding hydrogens is 589 g/mol. The molecule has 0 N–H and O–H groups in total. The Balaban J connectivity index is 1.19. The summed E-state index contributed by atoms with van der Waals surface area (Å²) in [5.74, 6) is 0.690. The van der Waals surface area contributed by atoms with E-state index in [0.717, 1.165) is 33.4 Å². The number of para-hydroxylation sites is 3. The van der Waals surface area contributed by atoms with Gasteiger partial charge in [-0.05, 0) is 70.0 Å². The second-order valence-corrected chi connectivity index (χ2v) is 17.4. The van der Waals surface area contributed by atoms with Gasteiger partial charge in [0, 0.05) is 39.0 Å². The summed E-state index contributed by atoms with van der Waals surface area (Å²) in [5, 5.41) is 7.82. The maximum Gasteiger partial charge on any atom is 0.235 e. The highest BCUT2D eigenvalue weighted by atomic mass is 28.3. The third-order valence-electron chi connectivity index (χ3n) is 10.2. The Labute approximate surface area is 273 Å². The molecule has 47 heavy (non-hydrogen) atoms. The molecule has 0 amide bonds. The van der Waals surface area contributed by atoms with E-state index in [2.05, 4.69) is 168 Å². The van der Waals surface area contributed by atoms with Crippen molar-refractivity contribution in [2.24, 2.45) is 0 Å². The number of fused-ring (bicyclic) bond motifs is 9. The first-order valence-corrected chi connectivity index (χ1v) is 19.2. The van der Waals surface area contributed by atoms with Crippen LogP contribution >= 0.6 is 0 Å². The summed E-state index contributed by atoms with van der Waals surface area (Å²) in [7, 11) is -1.87. The summed E-state index contributed by atoms with van der Waals surface area (Å²) in [6.07, 6.45) is 2.16. The fourth-order valence-corrected chi connectivity index (χ4v) is 11.5. The average molecular weight is 619 g/mol. The number of benzene rings is 6. The molecule has 0 saturated carbocycles. The zero-order chi connectivity index (χ0) is 31.3. The summed E-state index contributed by atoms with van der Waals surface area (Å²) in [6.45, 7) is 4.95. The van der Waals surface area contributed by atoms with Crippen molar-refractivity contribution in [1.29, 1.82) is 0 Å². The van der Waals surface area contributed by atoms with Gasteiger partial charge in [-0.1, -0.05) is 104 Å². The van der Waals surface area contributed by atoms with E-state index in [1.807, 2.05) is 0 Å². The van der Waals surface area contributed by atoms with Crippen molar-refractivity contribution in [3.63, 3.8) is 0 Å². The SMILES string of the molecule is C[Si]1(C)c2ccccc2-c2ccc3c(ccn3-c3nc(-c4ccc5c(c4)c4ccccc4n5-c4ccccc4)c4ccccc4n3)c21. The molecule has 0 saturated heterocycles. The average Bonchev–Trinajstić information content (AvgIpc) is 3.76. The molecule has 1 aliphatic rings. The van der Waals surface area contributed by atoms with Crippen LogP contribution in [-0.4, -0.2) is 27.2 Å². The van der Waals surface area contributed by atoms with Crippen molar-refractivity contribution in [2.45, 2.75) is 13.1 Å². The van der Waals surface area contributed by atoms with Crippen molar-refractivity contribution in [1.82, 2.24) is 19.1 Å². The maximum absolute atomic E-state index is 5.34. The van der Waals surface area contributed by atoms with E-state index in [9.17, 15) is 0 Å². The predicted octanol–water partition coefficient (Wildman–Crippen LogP) is 9.14. The van der Waals surface area contributed by atoms with Crippen LogP contribution in [0.2, 0.25) is 13.1 Å². The Morgan fingerprint density at radius 1 is 0.532 bits per heavy atom. The molecule has 9 aromatic rings. The fourth-order valence-electron chi connectivity index (χ4n) is 8.05. The molecule has 0 spiro atoms. The number of nitrogens with zero attached hydrogens (tertiary/aromatic N) is 4. The first kappa shape index (κ1) is 26.4. The lowest BCUT2D eigenvalue weighted by atomic mass is 10.0. The van der Waals surface area contributed by atoms with Crippen LogP contribution in [0, 0.1) is 0 Å². The molecular formula is C42H30N4Si. The van der Waals surface area contributed by atoms with E-state index >= 15 is 0 Å². The molecule has 6 aromatic carbocycles. The van der Waals surface area contributed by atoms with Crippen LogP contribution in [-0.2, 0) is 0 Å². The molecule has 4 heterocycles. The van der Waals surface area contributed by atoms with Crippen molar-refractivity contribution in [3.05, 3.63) is 146 Å². The van der Waals surface area contributed by atoms with Gasteiger partial charge in [0.05, 0.1) is 27.8 Å². The van der Waals surface area contributed by atoms with Gasteiger partial charge in [-0.15, -0.1) is 0 Å². The van der Waals surface area contributed by atoms with E-state index in [1.54, 1.807) is 0 Å². The topological polar surface area (TPSA) is 35.6 Å². The highest BCUT2D eigenvalue weighted by molar-refractivity contribution is 7.05. The Hall–Kier alpha value is -5.78. The normalized spacial score (nSPS) is 13.5. The molecule has 0 radical (unpaired) electrons. The van der Waals surface area contributed by atoms with Gasteiger partial charge in [0.2, 0.25) is 5.95 Å². The van der Waals surface area contributed by atoms with Gasteiger partial charge < -0.3 is 4.57 Å². The molecule has 0 aliphatic carbocycles. The summed E-state index contributed by atoms with van der Waals surface area (Å²) in [4.78, 5) is 10.5. The van der Waals surface area contributed by atoms with E-state index in [0.29, 0.717) is 5.95 Å². The molecule has 10 rings (SSSR count). The molecule has 5 heteroatoms. The zero-order valence-corrected chi connectivity index (χ0v) is 27.1. The first-order chi connectivity index (χ1) is 23.1. The second-order valence-electron chi connectivity index (χ2n) is 13.1. The van der Waals surface area contributed by atoms with Gasteiger partial charge in [0.25, 0.3) is 0 Å². The first-order valence-electron chi connectivity index (χ1n) is 16.2. The summed E-state index contributed by atoms with van der Waals surface area (Å²) >= 11 is 0. The summed E-state index contributed by atoms with van der Waals surface area (Å²) in [5.41, 5.74) is 10.4. The van der Waals surface area contributed by atoms with Gasteiger partial charge in [0.15, 0.2) is 0 Å². The monoisotopic (exact) mass is 618 g/mol. The van der Waals surface area contributed by atoms with Crippen LogP contribution < -0.4 is 10.4 Å². The molecule has 1 aliphatic heterocycles. The number of hydrogen-bond donors (Lipinski definition) is 0. The van der Waals surface area contributed by atoms with E-state index in [1.165, 1.54) is 48.7 Å². The molecule has 0 atom stereocenters. The van der Waals surface area contributed by atoms with Gasteiger partial charge in [-0.2, -0.15) is 0 Å². The van der Waals surface area contributed by atoms with Crippen LogP contribution in [0.25, 0.3) is 77.6 Å². The highest BCUT2D eigenvalue weighted by Gasteiger charge is 2.39. The molecule has 0 bridgehead atoms. The Morgan fingerprint density at radius 3 is 2.15 bits per heavy atom. The Kier molecular flexibility index (Phi) is 5.41. The van der Waals surface area contributed by atoms with Crippen LogP contribution in [0.5, 0.6) is 0 Å². The standard InChI is InChI=1S/C42H30N4Si/c1-47(2)39-19-11-8-15-30(39)31-21-23-36-33(41(31)47)24-25-45(36)42-43-35-17-9-6-16-32(35)40(44-42)27-20-22-38-34(26-27)29-14-7-10-18-37(29)46(38)28-12-4-3-5-13-28/h3-26H,1-2H3. The minimum absolute atomic E-state index is 0.690. The number of rotatable bonds is 3. The molecule has 0 unspecified atom stereocenters. The van der Waals surface area contributed by atoms with Gasteiger partial charge in [0.1, 0.15) is 8.07 Å². The van der Waals surface area contributed by atoms with Crippen molar-refractivity contribution >= 4 is 62.1 Å². The fraction of sp³-hybridized carbons (Fsp3) is 0.0476. The molecule has 222 valence electrons. The van der Waals surface area contributed by atoms with Gasteiger partial charge in [-0.3, -0.25) is 4.57 Å². The molecule has 4 nitrogen and oxygen atoms in total. The van der Waals surface area contributed by atoms with E-state index < -0.39 is 8.07 Å². The summed E-state index contributed by atoms with van der Waals surface area (Å²) < 4.78 is 4.53. The Morgan fingerprint density at radius 2 is 1.26 bits per heavy atom. The lowest BCUT2D eigenvalue weighted by Gasteiger charge is -2.19. The van der Waals surface area contributed by atoms with Crippen molar-refractivity contribution in [2.75, 3.05) is 0 Å². The van der Waals surface area contributed by atoms with Crippen molar-refractivity contribution in [3.8, 4) is 34.0 Å². The minimum Gasteiger partial charge on any atom is -0.309 e. The smallest absolute Gasteiger partial charge is 0.235 e. The van der Waals surface area contributed by atoms with Gasteiger partial charge >= 0.3 is 0 Å². The van der Waals surface area contributed by atoms with Crippen LogP contribution in [0.15, 0.2) is 146 Å². The number of aromatic nitrogens is 4. The molecule has 3 aromatic heterocycles. The predicted molar refractivity (Wildman–Crippen MR) is 198 cm³/mol. The van der Waals surface area contributed by atoms with Crippen LogP contribution in [0.1, 0.15) is 0 Å². The minimum atomic E-state index is -1.87. The summed E-state index contributed by atoms with van der Waals surface area (Å²) in [6, 6.07) is 50.2. The number of hydrogen-bond acceptors (Lipinski definition) is 2. The van der Waals surface area contributed by atoms with E-state index in [4.69, 9.17) is 9.97 Å². The highest BCUT2D eigenvalue weighted by Crippen LogP contribution is 2.37.